The maximum absolute atomic E-state index is 5.77. The monoisotopic (exact) mass is 309 g/mol. The molecule has 0 atom stereocenters. The first-order valence-corrected chi connectivity index (χ1v) is 7.78. The Bertz CT molecular complexity index is 734. The second-order valence-electron chi connectivity index (χ2n) is 4.53. The fraction of sp³-hybridized carbons (Fsp3) is 0.0625. The molecule has 0 aliphatic carbocycles. The summed E-state index contributed by atoms with van der Waals surface area (Å²) < 4.78 is 0. The summed E-state index contributed by atoms with van der Waals surface area (Å²) in [5.41, 5.74) is 6.68. The highest BCUT2D eigenvalue weighted by molar-refractivity contribution is 7.98. The molecule has 0 fully saturated rings. The molecule has 0 aliphatic rings. The molecule has 0 aliphatic heterocycles. The largest absolute Gasteiger partial charge is 0.368 e. The van der Waals surface area contributed by atoms with Gasteiger partial charge in [0.05, 0.1) is 5.75 Å². The molecule has 6 heteroatoms. The van der Waals surface area contributed by atoms with Crippen LogP contribution >= 0.6 is 11.8 Å². The lowest BCUT2D eigenvalue weighted by Gasteiger charge is -2.07. The second kappa shape index (κ2) is 6.91. The Kier molecular flexibility index (Phi) is 4.50. The molecule has 5 nitrogen and oxygen atoms in total. The third-order valence-corrected chi connectivity index (χ3v) is 3.85. The molecular weight excluding hydrogens is 294 g/mol. The number of anilines is 3. The Balaban J connectivity index is 1.72. The molecule has 110 valence electrons. The van der Waals surface area contributed by atoms with Gasteiger partial charge in [-0.2, -0.15) is 15.0 Å². The van der Waals surface area contributed by atoms with Crippen LogP contribution < -0.4 is 11.1 Å². The number of nitrogens with two attached hydrogens (primary N) is 1. The first-order chi connectivity index (χ1) is 10.8. The van der Waals surface area contributed by atoms with E-state index in [2.05, 4.69) is 32.4 Å². The average Bonchev–Trinajstić information content (AvgIpc) is 2.54. The van der Waals surface area contributed by atoms with E-state index in [1.807, 2.05) is 48.5 Å². The molecule has 2 aromatic carbocycles. The van der Waals surface area contributed by atoms with Gasteiger partial charge in [0.1, 0.15) is 5.82 Å². The van der Waals surface area contributed by atoms with E-state index in [0.717, 1.165) is 5.69 Å². The zero-order valence-electron chi connectivity index (χ0n) is 11.8. The molecule has 1 aromatic heterocycles. The first-order valence-electron chi connectivity index (χ1n) is 6.80. The Morgan fingerprint density at radius 3 is 2.27 bits per heavy atom. The van der Waals surface area contributed by atoms with Crippen molar-refractivity contribution in [1.29, 1.82) is 0 Å². The van der Waals surface area contributed by atoms with E-state index in [1.54, 1.807) is 11.8 Å². The van der Waals surface area contributed by atoms with Crippen LogP contribution in [0.25, 0.3) is 0 Å². The molecular formula is C16H15N5S. The summed E-state index contributed by atoms with van der Waals surface area (Å²) in [6.07, 6.45) is 0. The van der Waals surface area contributed by atoms with Crippen LogP contribution in [0.4, 0.5) is 17.6 Å². The van der Waals surface area contributed by atoms with Crippen molar-refractivity contribution in [1.82, 2.24) is 15.0 Å². The molecule has 22 heavy (non-hydrogen) atoms. The summed E-state index contributed by atoms with van der Waals surface area (Å²) in [5, 5.41) is 3.13. The smallest absolute Gasteiger partial charge is 0.232 e. The zero-order chi connectivity index (χ0) is 15.2. The fourth-order valence-electron chi connectivity index (χ4n) is 1.87. The molecule has 3 N–H and O–H groups in total. The van der Waals surface area contributed by atoms with Gasteiger partial charge in [-0.15, -0.1) is 11.8 Å². The number of benzene rings is 2. The van der Waals surface area contributed by atoms with Crippen molar-refractivity contribution >= 4 is 29.3 Å². The molecule has 0 saturated heterocycles. The normalized spacial score (nSPS) is 10.4. The molecule has 0 unspecified atom stereocenters. The average molecular weight is 309 g/mol. The van der Waals surface area contributed by atoms with Gasteiger partial charge in [-0.1, -0.05) is 36.4 Å². The van der Waals surface area contributed by atoms with E-state index in [-0.39, 0.29) is 5.95 Å². The third-order valence-electron chi connectivity index (χ3n) is 2.84. The number of thioether (sulfide) groups is 1. The lowest BCUT2D eigenvalue weighted by Crippen LogP contribution is -2.06. The summed E-state index contributed by atoms with van der Waals surface area (Å²) in [7, 11) is 0. The number of rotatable bonds is 5. The van der Waals surface area contributed by atoms with Gasteiger partial charge >= 0.3 is 0 Å². The highest BCUT2D eigenvalue weighted by Crippen LogP contribution is 2.21. The summed E-state index contributed by atoms with van der Waals surface area (Å²) in [6.45, 7) is 0. The van der Waals surface area contributed by atoms with Gasteiger partial charge < -0.3 is 11.1 Å². The second-order valence-corrected chi connectivity index (χ2v) is 5.57. The van der Waals surface area contributed by atoms with Crippen LogP contribution in [0.15, 0.2) is 65.6 Å². The maximum Gasteiger partial charge on any atom is 0.232 e. The Labute approximate surface area is 133 Å². The number of para-hydroxylation sites is 1. The summed E-state index contributed by atoms with van der Waals surface area (Å²) in [6, 6.07) is 19.8. The SMILES string of the molecule is Nc1nc(CSc2ccccc2)nc(Nc2ccccc2)n1. The van der Waals surface area contributed by atoms with Crippen LogP contribution in [0.2, 0.25) is 0 Å². The van der Waals surface area contributed by atoms with Crippen molar-refractivity contribution in [2.24, 2.45) is 0 Å². The van der Waals surface area contributed by atoms with Gasteiger partial charge in [0.2, 0.25) is 11.9 Å². The van der Waals surface area contributed by atoms with E-state index >= 15 is 0 Å². The standard InChI is InChI=1S/C16H15N5S/c17-15-19-14(11-22-13-9-5-2-6-10-13)20-16(21-15)18-12-7-3-1-4-8-12/h1-10H,11H2,(H3,17,18,19,20,21). The van der Waals surface area contributed by atoms with Crippen LogP contribution in [-0.2, 0) is 5.75 Å². The molecule has 3 rings (SSSR count). The molecule has 0 spiro atoms. The number of hydrogen-bond acceptors (Lipinski definition) is 6. The summed E-state index contributed by atoms with van der Waals surface area (Å²) in [4.78, 5) is 13.9. The molecule has 3 aromatic rings. The Morgan fingerprint density at radius 1 is 0.864 bits per heavy atom. The van der Waals surface area contributed by atoms with E-state index in [0.29, 0.717) is 17.5 Å². The van der Waals surface area contributed by atoms with Crippen molar-refractivity contribution in [3.63, 3.8) is 0 Å². The maximum atomic E-state index is 5.77. The van der Waals surface area contributed by atoms with Crippen LogP contribution in [-0.4, -0.2) is 15.0 Å². The third kappa shape index (κ3) is 3.95. The fourth-order valence-corrected chi connectivity index (χ4v) is 2.65. The van der Waals surface area contributed by atoms with Crippen LogP contribution in [0.5, 0.6) is 0 Å². The van der Waals surface area contributed by atoms with Gasteiger partial charge in [-0.05, 0) is 24.3 Å². The quantitative estimate of drug-likeness (QED) is 0.703. The molecule has 0 radical (unpaired) electrons. The van der Waals surface area contributed by atoms with E-state index < -0.39 is 0 Å². The van der Waals surface area contributed by atoms with E-state index in [1.165, 1.54) is 4.90 Å². The van der Waals surface area contributed by atoms with Crippen molar-refractivity contribution < 1.29 is 0 Å². The summed E-state index contributed by atoms with van der Waals surface area (Å²) in [5.74, 6) is 1.97. The minimum Gasteiger partial charge on any atom is -0.368 e. The first kappa shape index (κ1) is 14.3. The van der Waals surface area contributed by atoms with Gasteiger partial charge in [-0.3, -0.25) is 0 Å². The minimum absolute atomic E-state index is 0.220. The topological polar surface area (TPSA) is 76.7 Å². The number of nitrogens with one attached hydrogen (secondary N) is 1. The van der Waals surface area contributed by atoms with Crippen LogP contribution in [0.3, 0.4) is 0 Å². The molecule has 0 bridgehead atoms. The van der Waals surface area contributed by atoms with Crippen LogP contribution in [0, 0.1) is 0 Å². The van der Waals surface area contributed by atoms with Gasteiger partial charge in [-0.25, -0.2) is 0 Å². The Hall–Kier alpha value is -2.60. The van der Waals surface area contributed by atoms with Crippen molar-refractivity contribution in [2.75, 3.05) is 11.1 Å². The van der Waals surface area contributed by atoms with Gasteiger partial charge in [0.15, 0.2) is 0 Å². The molecule has 0 amide bonds. The van der Waals surface area contributed by atoms with E-state index in [4.69, 9.17) is 5.73 Å². The lowest BCUT2D eigenvalue weighted by atomic mass is 10.3. The number of aromatic nitrogens is 3. The van der Waals surface area contributed by atoms with Crippen LogP contribution in [0.1, 0.15) is 5.82 Å². The minimum atomic E-state index is 0.220. The highest BCUT2D eigenvalue weighted by Gasteiger charge is 2.05. The highest BCUT2D eigenvalue weighted by atomic mass is 32.2. The summed E-state index contributed by atoms with van der Waals surface area (Å²) >= 11 is 1.66. The Morgan fingerprint density at radius 2 is 1.55 bits per heavy atom. The predicted octanol–water partition coefficient (Wildman–Crippen LogP) is 3.49. The van der Waals surface area contributed by atoms with E-state index in [9.17, 15) is 0 Å². The van der Waals surface area contributed by atoms with Crippen molar-refractivity contribution in [3.8, 4) is 0 Å². The number of hydrogen-bond donors (Lipinski definition) is 2. The van der Waals surface area contributed by atoms with Gasteiger partial charge in [0.25, 0.3) is 0 Å². The van der Waals surface area contributed by atoms with Crippen molar-refractivity contribution in [2.45, 2.75) is 10.6 Å². The predicted molar refractivity (Wildman–Crippen MR) is 90.0 cm³/mol. The van der Waals surface area contributed by atoms with Crippen molar-refractivity contribution in [3.05, 3.63) is 66.5 Å². The number of nitrogen functional groups attached to an aromatic ring is 1. The molecule has 0 saturated carbocycles. The van der Waals surface area contributed by atoms with Gasteiger partial charge in [0, 0.05) is 10.6 Å². The lowest BCUT2D eigenvalue weighted by molar-refractivity contribution is 0.982. The molecule has 1 heterocycles. The number of nitrogens with zero attached hydrogens (tertiary/aromatic N) is 3. The zero-order valence-corrected chi connectivity index (χ0v) is 12.6.